The number of benzene rings is 1. The number of carboxylic acids is 1. The zero-order chi connectivity index (χ0) is 12.5. The summed E-state index contributed by atoms with van der Waals surface area (Å²) in [6.07, 6.45) is 2.56. The van der Waals surface area contributed by atoms with Crippen molar-refractivity contribution in [1.82, 2.24) is 0 Å². The van der Waals surface area contributed by atoms with E-state index in [0.29, 0.717) is 11.8 Å². The molecule has 1 aromatic rings. The molecule has 1 aliphatic carbocycles. The standard InChI is InChI=1S/C15H20O2/c1-11-8-9-15(2,14(16)17)10-13(11)12-6-4-3-5-7-12/h3-7,11,13H,8-10H2,1-2H3,(H,16,17)/t11-,13+,15+/m1/s1. The fourth-order valence-corrected chi connectivity index (χ4v) is 2.88. The maximum Gasteiger partial charge on any atom is 0.309 e. The first-order valence-corrected chi connectivity index (χ1v) is 6.31. The number of rotatable bonds is 2. The van der Waals surface area contributed by atoms with Gasteiger partial charge < -0.3 is 5.11 Å². The first kappa shape index (κ1) is 12.2. The number of hydrogen-bond acceptors (Lipinski definition) is 1. The minimum Gasteiger partial charge on any atom is -0.481 e. The Morgan fingerprint density at radius 3 is 2.59 bits per heavy atom. The molecule has 1 N–H and O–H groups in total. The maximum atomic E-state index is 11.4. The molecule has 3 atom stereocenters. The van der Waals surface area contributed by atoms with Crippen molar-refractivity contribution in [3.05, 3.63) is 35.9 Å². The molecule has 1 aromatic carbocycles. The van der Waals surface area contributed by atoms with Gasteiger partial charge in [0.2, 0.25) is 0 Å². The molecule has 0 aromatic heterocycles. The van der Waals surface area contributed by atoms with Gasteiger partial charge in [-0.05, 0) is 43.6 Å². The molecule has 17 heavy (non-hydrogen) atoms. The van der Waals surface area contributed by atoms with Crippen molar-refractivity contribution >= 4 is 5.97 Å². The Bertz CT molecular complexity index is 399. The van der Waals surface area contributed by atoms with Crippen molar-refractivity contribution in [3.8, 4) is 0 Å². The van der Waals surface area contributed by atoms with Crippen LogP contribution >= 0.6 is 0 Å². The van der Waals surface area contributed by atoms with Gasteiger partial charge in [0, 0.05) is 0 Å². The van der Waals surface area contributed by atoms with E-state index in [-0.39, 0.29) is 0 Å². The van der Waals surface area contributed by atoms with Gasteiger partial charge in [0.25, 0.3) is 0 Å². The van der Waals surface area contributed by atoms with Crippen LogP contribution in [-0.2, 0) is 4.79 Å². The van der Waals surface area contributed by atoms with E-state index in [2.05, 4.69) is 19.1 Å². The third-order valence-electron chi connectivity index (χ3n) is 4.25. The van der Waals surface area contributed by atoms with E-state index < -0.39 is 11.4 Å². The quantitative estimate of drug-likeness (QED) is 0.844. The number of aliphatic carboxylic acids is 1. The lowest BCUT2D eigenvalue weighted by molar-refractivity contribution is -0.150. The highest BCUT2D eigenvalue weighted by molar-refractivity contribution is 5.74. The average molecular weight is 232 g/mol. The molecule has 1 aliphatic rings. The van der Waals surface area contributed by atoms with E-state index in [0.717, 1.165) is 19.3 Å². The summed E-state index contributed by atoms with van der Waals surface area (Å²) in [5, 5.41) is 9.35. The zero-order valence-electron chi connectivity index (χ0n) is 10.5. The highest BCUT2D eigenvalue weighted by Crippen LogP contribution is 2.46. The molecule has 0 spiro atoms. The molecule has 2 heteroatoms. The molecule has 2 nitrogen and oxygen atoms in total. The van der Waals surface area contributed by atoms with Crippen LogP contribution in [0.3, 0.4) is 0 Å². The summed E-state index contributed by atoms with van der Waals surface area (Å²) < 4.78 is 0. The average Bonchev–Trinajstić information content (AvgIpc) is 2.33. The van der Waals surface area contributed by atoms with Crippen LogP contribution in [0.5, 0.6) is 0 Å². The third-order valence-corrected chi connectivity index (χ3v) is 4.25. The van der Waals surface area contributed by atoms with Crippen LogP contribution in [0, 0.1) is 11.3 Å². The van der Waals surface area contributed by atoms with E-state index in [1.54, 1.807) is 0 Å². The number of hydrogen-bond donors (Lipinski definition) is 1. The van der Waals surface area contributed by atoms with E-state index in [1.165, 1.54) is 5.56 Å². The molecule has 0 radical (unpaired) electrons. The lowest BCUT2D eigenvalue weighted by Gasteiger charge is -2.39. The van der Waals surface area contributed by atoms with Gasteiger partial charge in [0.15, 0.2) is 0 Å². The van der Waals surface area contributed by atoms with Crippen molar-refractivity contribution in [2.45, 2.75) is 39.0 Å². The smallest absolute Gasteiger partial charge is 0.309 e. The lowest BCUT2D eigenvalue weighted by atomic mass is 9.65. The van der Waals surface area contributed by atoms with Gasteiger partial charge in [-0.3, -0.25) is 4.79 Å². The Morgan fingerprint density at radius 2 is 2.00 bits per heavy atom. The van der Waals surface area contributed by atoms with Gasteiger partial charge >= 0.3 is 5.97 Å². The fourth-order valence-electron chi connectivity index (χ4n) is 2.88. The SMILES string of the molecule is C[C@@H]1CC[C@](C)(C(=O)O)C[C@@H]1c1ccccc1. The van der Waals surface area contributed by atoms with E-state index >= 15 is 0 Å². The van der Waals surface area contributed by atoms with Crippen LogP contribution < -0.4 is 0 Å². The van der Waals surface area contributed by atoms with Gasteiger partial charge in [-0.25, -0.2) is 0 Å². The minimum absolute atomic E-state index is 0.381. The van der Waals surface area contributed by atoms with Gasteiger partial charge in [-0.1, -0.05) is 37.3 Å². The summed E-state index contributed by atoms with van der Waals surface area (Å²) >= 11 is 0. The van der Waals surface area contributed by atoms with Crippen molar-refractivity contribution in [2.75, 3.05) is 0 Å². The van der Waals surface area contributed by atoms with Crippen LogP contribution in [0.2, 0.25) is 0 Å². The Morgan fingerprint density at radius 1 is 1.35 bits per heavy atom. The molecular weight excluding hydrogens is 212 g/mol. The zero-order valence-corrected chi connectivity index (χ0v) is 10.5. The lowest BCUT2D eigenvalue weighted by Crippen LogP contribution is -2.35. The van der Waals surface area contributed by atoms with Crippen molar-refractivity contribution < 1.29 is 9.90 Å². The fraction of sp³-hybridized carbons (Fsp3) is 0.533. The summed E-state index contributed by atoms with van der Waals surface area (Å²) in [5.41, 5.74) is 0.736. The molecule has 0 unspecified atom stereocenters. The molecule has 0 aliphatic heterocycles. The monoisotopic (exact) mass is 232 g/mol. The van der Waals surface area contributed by atoms with E-state index in [1.807, 2.05) is 25.1 Å². The highest BCUT2D eigenvalue weighted by Gasteiger charge is 2.41. The molecule has 0 saturated heterocycles. The van der Waals surface area contributed by atoms with Gasteiger partial charge in [-0.2, -0.15) is 0 Å². The second-order valence-corrected chi connectivity index (χ2v) is 5.60. The third kappa shape index (κ3) is 2.36. The summed E-state index contributed by atoms with van der Waals surface area (Å²) in [7, 11) is 0. The second-order valence-electron chi connectivity index (χ2n) is 5.60. The van der Waals surface area contributed by atoms with E-state index in [4.69, 9.17) is 0 Å². The van der Waals surface area contributed by atoms with Crippen LogP contribution in [0.4, 0.5) is 0 Å². The Hall–Kier alpha value is -1.31. The van der Waals surface area contributed by atoms with Crippen molar-refractivity contribution in [2.24, 2.45) is 11.3 Å². The van der Waals surface area contributed by atoms with Gasteiger partial charge in [0.1, 0.15) is 0 Å². The van der Waals surface area contributed by atoms with Gasteiger partial charge in [0.05, 0.1) is 5.41 Å². The van der Waals surface area contributed by atoms with E-state index in [9.17, 15) is 9.90 Å². The summed E-state index contributed by atoms with van der Waals surface area (Å²) in [6, 6.07) is 10.3. The normalized spacial score (nSPS) is 33.3. The molecule has 0 heterocycles. The van der Waals surface area contributed by atoms with Crippen molar-refractivity contribution in [1.29, 1.82) is 0 Å². The van der Waals surface area contributed by atoms with Crippen LogP contribution in [0.25, 0.3) is 0 Å². The first-order chi connectivity index (χ1) is 8.03. The van der Waals surface area contributed by atoms with Crippen LogP contribution in [0.15, 0.2) is 30.3 Å². The Labute approximate surface area is 103 Å². The first-order valence-electron chi connectivity index (χ1n) is 6.31. The molecular formula is C15H20O2. The largest absolute Gasteiger partial charge is 0.481 e. The maximum absolute atomic E-state index is 11.4. The van der Waals surface area contributed by atoms with Gasteiger partial charge in [-0.15, -0.1) is 0 Å². The molecule has 0 bridgehead atoms. The molecule has 2 rings (SSSR count). The summed E-state index contributed by atoms with van der Waals surface area (Å²) in [6.45, 7) is 4.12. The summed E-state index contributed by atoms with van der Waals surface area (Å²) in [5.74, 6) is 0.307. The predicted molar refractivity (Wildman–Crippen MR) is 67.9 cm³/mol. The molecule has 0 amide bonds. The number of carbonyl (C=O) groups is 1. The molecule has 1 fully saturated rings. The highest BCUT2D eigenvalue weighted by atomic mass is 16.4. The topological polar surface area (TPSA) is 37.3 Å². The second kappa shape index (κ2) is 4.52. The Balaban J connectivity index is 2.24. The summed E-state index contributed by atoms with van der Waals surface area (Å²) in [4.78, 5) is 11.4. The van der Waals surface area contributed by atoms with Crippen molar-refractivity contribution in [3.63, 3.8) is 0 Å². The predicted octanol–water partition coefficient (Wildman–Crippen LogP) is 3.68. The molecule has 92 valence electrons. The van der Waals surface area contributed by atoms with Crippen LogP contribution in [0.1, 0.15) is 44.6 Å². The molecule has 1 saturated carbocycles. The Kier molecular flexibility index (Phi) is 3.23. The van der Waals surface area contributed by atoms with Crippen LogP contribution in [-0.4, -0.2) is 11.1 Å². The minimum atomic E-state index is -0.648. The number of carboxylic acid groups (broad SMARTS) is 1.